The Balaban J connectivity index is 1.52. The number of piperidine rings is 1. The minimum atomic E-state index is 0.656. The predicted octanol–water partition coefficient (Wildman–Crippen LogP) is 2.87. The van der Waals surface area contributed by atoms with Crippen LogP contribution in [0.4, 0.5) is 0 Å². The van der Waals surface area contributed by atoms with Gasteiger partial charge in [0.05, 0.1) is 6.61 Å². The fourth-order valence-electron chi connectivity index (χ4n) is 3.72. The van der Waals surface area contributed by atoms with Gasteiger partial charge in [-0.05, 0) is 69.9 Å². The molecule has 1 fully saturated rings. The molecule has 21 heavy (non-hydrogen) atoms. The van der Waals surface area contributed by atoms with Gasteiger partial charge in [-0.1, -0.05) is 18.2 Å². The molecule has 0 spiro atoms. The quantitative estimate of drug-likeness (QED) is 0.901. The summed E-state index contributed by atoms with van der Waals surface area (Å²) in [6, 6.07) is 8.59. The van der Waals surface area contributed by atoms with Crippen LogP contribution in [0, 0.1) is 5.92 Å². The van der Waals surface area contributed by atoms with Crippen LogP contribution in [0.3, 0.4) is 0 Å². The van der Waals surface area contributed by atoms with E-state index in [2.05, 4.69) is 41.5 Å². The minimum absolute atomic E-state index is 0.656. The van der Waals surface area contributed by atoms with E-state index in [0.29, 0.717) is 5.92 Å². The number of para-hydroxylation sites is 1. The van der Waals surface area contributed by atoms with Crippen molar-refractivity contribution in [2.75, 3.05) is 39.8 Å². The van der Waals surface area contributed by atoms with Crippen LogP contribution in [-0.2, 0) is 0 Å². The van der Waals surface area contributed by atoms with Crippen molar-refractivity contribution in [2.24, 2.45) is 5.92 Å². The van der Waals surface area contributed by atoms with Crippen molar-refractivity contribution in [3.63, 3.8) is 0 Å². The van der Waals surface area contributed by atoms with Gasteiger partial charge in [0.1, 0.15) is 5.75 Å². The van der Waals surface area contributed by atoms with Crippen LogP contribution in [-0.4, -0.2) is 44.7 Å². The van der Waals surface area contributed by atoms with Gasteiger partial charge in [0.25, 0.3) is 0 Å². The first-order valence-corrected chi connectivity index (χ1v) is 8.45. The molecule has 1 aromatic carbocycles. The third-order valence-corrected chi connectivity index (χ3v) is 5.07. The number of hydrogen-bond acceptors (Lipinski definition) is 3. The van der Waals surface area contributed by atoms with Crippen LogP contribution >= 0.6 is 0 Å². The molecule has 1 saturated heterocycles. The second-order valence-corrected chi connectivity index (χ2v) is 6.51. The van der Waals surface area contributed by atoms with Gasteiger partial charge in [0, 0.05) is 12.5 Å². The normalized spacial score (nSPS) is 23.6. The Morgan fingerprint density at radius 3 is 2.81 bits per heavy atom. The molecule has 0 aliphatic carbocycles. The van der Waals surface area contributed by atoms with Crippen molar-refractivity contribution in [3.8, 4) is 5.75 Å². The topological polar surface area (TPSA) is 24.5 Å². The maximum absolute atomic E-state index is 5.78. The Morgan fingerprint density at radius 1 is 1.19 bits per heavy atom. The standard InChI is InChI=1S/C18H28N2O/c1-19-10-6-15-7-11-20(12-8-15)14-16-9-13-21-18-5-3-2-4-17(16)18/h2-5,15-16,19H,6-14H2,1H3. The number of nitrogens with zero attached hydrogens (tertiary/aromatic N) is 1. The first-order valence-electron chi connectivity index (χ1n) is 8.45. The number of benzene rings is 1. The molecule has 116 valence electrons. The molecule has 0 saturated carbocycles. The van der Waals surface area contributed by atoms with E-state index in [1.165, 1.54) is 44.5 Å². The summed E-state index contributed by atoms with van der Waals surface area (Å²) in [5.74, 6) is 2.69. The molecular weight excluding hydrogens is 260 g/mol. The Hall–Kier alpha value is -1.06. The lowest BCUT2D eigenvalue weighted by Gasteiger charge is -2.36. The zero-order valence-electron chi connectivity index (χ0n) is 13.2. The first kappa shape index (κ1) is 14.9. The zero-order chi connectivity index (χ0) is 14.5. The largest absolute Gasteiger partial charge is 0.493 e. The molecule has 2 heterocycles. The van der Waals surface area contributed by atoms with Gasteiger partial charge in [0.2, 0.25) is 0 Å². The highest BCUT2D eigenvalue weighted by Crippen LogP contribution is 2.34. The van der Waals surface area contributed by atoms with E-state index in [0.717, 1.165) is 31.2 Å². The monoisotopic (exact) mass is 288 g/mol. The fourth-order valence-corrected chi connectivity index (χ4v) is 3.72. The number of fused-ring (bicyclic) bond motifs is 1. The lowest BCUT2D eigenvalue weighted by atomic mass is 9.89. The average Bonchev–Trinajstić information content (AvgIpc) is 2.55. The molecular formula is C18H28N2O. The van der Waals surface area contributed by atoms with Gasteiger partial charge in [0.15, 0.2) is 0 Å². The van der Waals surface area contributed by atoms with E-state index in [1.807, 2.05) is 0 Å². The van der Waals surface area contributed by atoms with Gasteiger partial charge in [-0.25, -0.2) is 0 Å². The third kappa shape index (κ3) is 3.78. The molecule has 3 heteroatoms. The minimum Gasteiger partial charge on any atom is -0.493 e. The fraction of sp³-hybridized carbons (Fsp3) is 0.667. The molecule has 3 nitrogen and oxygen atoms in total. The van der Waals surface area contributed by atoms with Crippen LogP contribution < -0.4 is 10.1 Å². The van der Waals surface area contributed by atoms with Crippen LogP contribution in [0.5, 0.6) is 5.75 Å². The molecule has 1 aromatic rings. The number of rotatable bonds is 5. The summed E-state index contributed by atoms with van der Waals surface area (Å²) in [5.41, 5.74) is 1.42. The smallest absolute Gasteiger partial charge is 0.122 e. The van der Waals surface area contributed by atoms with Crippen molar-refractivity contribution in [1.82, 2.24) is 10.2 Å². The molecule has 0 amide bonds. The summed E-state index contributed by atoms with van der Waals surface area (Å²) in [4.78, 5) is 2.67. The second-order valence-electron chi connectivity index (χ2n) is 6.51. The summed E-state index contributed by atoms with van der Waals surface area (Å²) in [6.07, 6.45) is 5.24. The summed E-state index contributed by atoms with van der Waals surface area (Å²) in [5, 5.41) is 3.28. The molecule has 2 aliphatic rings. The highest BCUT2D eigenvalue weighted by atomic mass is 16.5. The molecule has 0 bridgehead atoms. The Labute approximate surface area is 128 Å². The van der Waals surface area contributed by atoms with Gasteiger partial charge >= 0.3 is 0 Å². The predicted molar refractivity (Wildman–Crippen MR) is 87.0 cm³/mol. The molecule has 3 rings (SSSR count). The van der Waals surface area contributed by atoms with E-state index in [1.54, 1.807) is 0 Å². The summed E-state index contributed by atoms with van der Waals surface area (Å²) >= 11 is 0. The van der Waals surface area contributed by atoms with Crippen molar-refractivity contribution in [2.45, 2.75) is 31.6 Å². The molecule has 1 unspecified atom stereocenters. The van der Waals surface area contributed by atoms with Crippen molar-refractivity contribution in [3.05, 3.63) is 29.8 Å². The second kappa shape index (κ2) is 7.28. The number of ether oxygens (including phenoxy) is 1. The summed E-state index contributed by atoms with van der Waals surface area (Å²) < 4.78 is 5.78. The van der Waals surface area contributed by atoms with Crippen molar-refractivity contribution in [1.29, 1.82) is 0 Å². The van der Waals surface area contributed by atoms with E-state index in [-0.39, 0.29) is 0 Å². The van der Waals surface area contributed by atoms with Crippen LogP contribution in [0.25, 0.3) is 0 Å². The lowest BCUT2D eigenvalue weighted by Crippen LogP contribution is -2.38. The highest BCUT2D eigenvalue weighted by molar-refractivity contribution is 5.37. The van der Waals surface area contributed by atoms with Gasteiger partial charge in [-0.15, -0.1) is 0 Å². The molecule has 1 N–H and O–H groups in total. The van der Waals surface area contributed by atoms with Gasteiger partial charge in [-0.2, -0.15) is 0 Å². The zero-order valence-corrected chi connectivity index (χ0v) is 13.2. The first-order chi connectivity index (χ1) is 10.4. The van der Waals surface area contributed by atoms with Crippen molar-refractivity contribution >= 4 is 0 Å². The summed E-state index contributed by atoms with van der Waals surface area (Å²) in [6.45, 7) is 5.79. The van der Waals surface area contributed by atoms with Crippen LogP contribution in [0.1, 0.15) is 37.2 Å². The van der Waals surface area contributed by atoms with Gasteiger partial charge in [-0.3, -0.25) is 0 Å². The molecule has 2 aliphatic heterocycles. The maximum Gasteiger partial charge on any atom is 0.122 e. The number of nitrogens with one attached hydrogen (secondary N) is 1. The highest BCUT2D eigenvalue weighted by Gasteiger charge is 2.25. The Bertz CT molecular complexity index is 441. The number of hydrogen-bond donors (Lipinski definition) is 1. The van der Waals surface area contributed by atoms with Crippen LogP contribution in [0.2, 0.25) is 0 Å². The lowest BCUT2D eigenvalue weighted by molar-refractivity contribution is 0.156. The van der Waals surface area contributed by atoms with Crippen LogP contribution in [0.15, 0.2) is 24.3 Å². The average molecular weight is 288 g/mol. The molecule has 1 atom stereocenters. The van der Waals surface area contributed by atoms with E-state index >= 15 is 0 Å². The van der Waals surface area contributed by atoms with E-state index in [9.17, 15) is 0 Å². The number of likely N-dealkylation sites (tertiary alicyclic amines) is 1. The molecule has 0 radical (unpaired) electrons. The van der Waals surface area contributed by atoms with Gasteiger partial charge < -0.3 is 15.0 Å². The van der Waals surface area contributed by atoms with Crippen molar-refractivity contribution < 1.29 is 4.74 Å². The third-order valence-electron chi connectivity index (χ3n) is 5.07. The Morgan fingerprint density at radius 2 is 2.00 bits per heavy atom. The Kier molecular flexibility index (Phi) is 5.15. The molecule has 0 aromatic heterocycles. The van der Waals surface area contributed by atoms with E-state index in [4.69, 9.17) is 4.74 Å². The summed E-state index contributed by atoms with van der Waals surface area (Å²) in [7, 11) is 2.05. The maximum atomic E-state index is 5.78. The van der Waals surface area contributed by atoms with E-state index < -0.39 is 0 Å². The SMILES string of the molecule is CNCCC1CCN(CC2CCOc3ccccc32)CC1.